The molecule has 5 nitrogen and oxygen atoms in total. The third kappa shape index (κ3) is 8.05. The van der Waals surface area contributed by atoms with Gasteiger partial charge in [0.05, 0.1) is 0 Å². The summed E-state index contributed by atoms with van der Waals surface area (Å²) in [5.41, 5.74) is 1.86. The fraction of sp³-hybridized carbons (Fsp3) is 0.529. The number of aryl methyl sites for hydroxylation is 1. The van der Waals surface area contributed by atoms with E-state index in [9.17, 15) is 9.59 Å². The summed E-state index contributed by atoms with van der Waals surface area (Å²) in [6.45, 7) is 7.39. The van der Waals surface area contributed by atoms with E-state index >= 15 is 0 Å². The molecule has 0 aliphatic rings. The first-order chi connectivity index (χ1) is 10.7. The van der Waals surface area contributed by atoms with Crippen LogP contribution in [0.4, 0.5) is 4.79 Å². The normalized spacial score (nSPS) is 12.4. The number of alkyl carbamates (subject to hydrolysis) is 1. The number of carbonyl (C=O) groups is 2. The number of hydrogen-bond acceptors (Lipinski definition) is 4. The second-order valence-electron chi connectivity index (χ2n) is 6.22. The van der Waals surface area contributed by atoms with E-state index in [4.69, 9.17) is 9.47 Å². The molecule has 0 unspecified atom stereocenters. The van der Waals surface area contributed by atoms with Crippen molar-refractivity contribution in [2.45, 2.75) is 50.0 Å². The standard InChI is InChI=1S/C17H25NO4Se/c1-12-6-8-13(9-7-12)10-23-11-14(15(19)21-5)18-16(20)22-17(2,3)4/h6-9,14H,10-11H2,1-5H3,(H,18,20)/t14-/m0/s1. The number of nitrogens with one attached hydrogen (secondary N) is 1. The number of esters is 1. The van der Waals surface area contributed by atoms with Gasteiger partial charge in [-0.3, -0.25) is 0 Å². The van der Waals surface area contributed by atoms with Crippen molar-refractivity contribution in [3.63, 3.8) is 0 Å². The molecule has 0 bridgehead atoms. The van der Waals surface area contributed by atoms with Crippen molar-refractivity contribution in [3.8, 4) is 0 Å². The zero-order chi connectivity index (χ0) is 17.5. The molecule has 23 heavy (non-hydrogen) atoms. The SMILES string of the molecule is COC(=O)[C@H](C[Se]Cc1ccc(C)cc1)NC(=O)OC(C)(C)C. The topological polar surface area (TPSA) is 64.6 Å². The molecule has 0 aliphatic heterocycles. The van der Waals surface area contributed by atoms with E-state index in [2.05, 4.69) is 29.6 Å². The van der Waals surface area contributed by atoms with E-state index in [1.807, 2.05) is 6.92 Å². The second-order valence-corrected chi connectivity index (χ2v) is 8.38. The molecular formula is C17H25NO4Se. The Kier molecular flexibility index (Phi) is 7.59. The van der Waals surface area contributed by atoms with Crippen molar-refractivity contribution in [2.24, 2.45) is 0 Å². The predicted octanol–water partition coefficient (Wildman–Crippen LogP) is 2.68. The summed E-state index contributed by atoms with van der Waals surface area (Å²) < 4.78 is 9.95. The maximum atomic E-state index is 11.8. The molecular weight excluding hydrogens is 361 g/mol. The maximum absolute atomic E-state index is 11.8. The third-order valence-electron chi connectivity index (χ3n) is 2.85. The predicted molar refractivity (Wildman–Crippen MR) is 90.6 cm³/mol. The molecule has 0 aliphatic carbocycles. The molecule has 1 aromatic carbocycles. The number of benzene rings is 1. The molecule has 1 aromatic rings. The van der Waals surface area contributed by atoms with Gasteiger partial charge in [-0.05, 0) is 0 Å². The van der Waals surface area contributed by atoms with Crippen LogP contribution in [-0.4, -0.2) is 45.8 Å². The number of ether oxygens (including phenoxy) is 2. The summed E-state index contributed by atoms with van der Waals surface area (Å²) in [6.07, 6.45) is -0.598. The van der Waals surface area contributed by atoms with Gasteiger partial charge in [0.15, 0.2) is 0 Å². The van der Waals surface area contributed by atoms with Crippen LogP contribution < -0.4 is 5.32 Å². The Morgan fingerprint density at radius 2 is 1.83 bits per heavy atom. The number of amides is 1. The zero-order valence-corrected chi connectivity index (χ0v) is 16.1. The number of methoxy groups -OCH3 is 1. The minimum absolute atomic E-state index is 0.170. The molecule has 0 saturated heterocycles. The van der Waals surface area contributed by atoms with E-state index < -0.39 is 23.7 Å². The van der Waals surface area contributed by atoms with Crippen LogP contribution in [0, 0.1) is 6.92 Å². The summed E-state index contributed by atoms with van der Waals surface area (Å²) in [4.78, 5) is 23.6. The van der Waals surface area contributed by atoms with E-state index in [1.165, 1.54) is 18.2 Å². The number of rotatable bonds is 6. The van der Waals surface area contributed by atoms with Crippen LogP contribution >= 0.6 is 0 Å². The molecule has 0 spiro atoms. The van der Waals surface area contributed by atoms with Crippen LogP contribution in [0.25, 0.3) is 0 Å². The van der Waals surface area contributed by atoms with Gasteiger partial charge in [-0.25, -0.2) is 0 Å². The summed E-state index contributed by atoms with van der Waals surface area (Å²) >= 11 is 0.170. The molecule has 128 valence electrons. The van der Waals surface area contributed by atoms with Gasteiger partial charge in [0.2, 0.25) is 0 Å². The van der Waals surface area contributed by atoms with Crippen molar-refractivity contribution in [1.82, 2.24) is 5.32 Å². The molecule has 0 heterocycles. The zero-order valence-electron chi connectivity index (χ0n) is 14.3. The first-order valence-corrected chi connectivity index (χ1v) is 9.84. The van der Waals surface area contributed by atoms with Crippen LogP contribution in [0.1, 0.15) is 31.9 Å². The fourth-order valence-electron chi connectivity index (χ4n) is 1.74. The monoisotopic (exact) mass is 387 g/mol. The van der Waals surface area contributed by atoms with Crippen molar-refractivity contribution in [2.75, 3.05) is 7.11 Å². The first-order valence-electron chi connectivity index (χ1n) is 7.42. The average molecular weight is 386 g/mol. The van der Waals surface area contributed by atoms with Crippen molar-refractivity contribution >= 4 is 27.0 Å². The molecule has 0 saturated carbocycles. The van der Waals surface area contributed by atoms with E-state index in [0.29, 0.717) is 5.32 Å². The molecule has 1 amide bonds. The summed E-state index contributed by atoms with van der Waals surface area (Å²) in [5, 5.41) is 4.06. The van der Waals surface area contributed by atoms with Crippen molar-refractivity contribution in [1.29, 1.82) is 0 Å². The first kappa shape index (κ1) is 19.5. The van der Waals surface area contributed by atoms with E-state index in [-0.39, 0.29) is 15.0 Å². The number of carbonyl (C=O) groups excluding carboxylic acids is 2. The van der Waals surface area contributed by atoms with Crippen LogP contribution in [0.5, 0.6) is 0 Å². The third-order valence-corrected chi connectivity index (χ3v) is 5.17. The molecule has 1 N–H and O–H groups in total. The minimum atomic E-state index is -0.666. The summed E-state index contributed by atoms with van der Waals surface area (Å²) in [7, 11) is 1.32. The second kappa shape index (κ2) is 8.94. The van der Waals surface area contributed by atoms with Crippen LogP contribution in [0.15, 0.2) is 24.3 Å². The molecule has 0 radical (unpaired) electrons. The van der Waals surface area contributed by atoms with Crippen LogP contribution in [0.2, 0.25) is 5.32 Å². The van der Waals surface area contributed by atoms with Gasteiger partial charge in [0, 0.05) is 0 Å². The Morgan fingerprint density at radius 3 is 2.35 bits per heavy atom. The molecule has 1 atom stereocenters. The Balaban J connectivity index is 2.52. The molecule has 0 fully saturated rings. The van der Waals surface area contributed by atoms with Gasteiger partial charge < -0.3 is 0 Å². The molecule has 0 aromatic heterocycles. The van der Waals surface area contributed by atoms with Gasteiger partial charge in [0.1, 0.15) is 0 Å². The van der Waals surface area contributed by atoms with Gasteiger partial charge in [-0.2, -0.15) is 0 Å². The Morgan fingerprint density at radius 1 is 1.22 bits per heavy atom. The molecule has 1 rings (SSSR count). The van der Waals surface area contributed by atoms with Gasteiger partial charge in [-0.1, -0.05) is 0 Å². The molecule has 6 heteroatoms. The van der Waals surface area contributed by atoms with Gasteiger partial charge in [0.25, 0.3) is 0 Å². The van der Waals surface area contributed by atoms with Crippen LogP contribution in [0.3, 0.4) is 0 Å². The Hall–Kier alpha value is -1.52. The Labute approximate surface area is 144 Å². The average Bonchev–Trinajstić information content (AvgIpc) is 2.45. The van der Waals surface area contributed by atoms with Crippen LogP contribution in [-0.2, 0) is 19.6 Å². The van der Waals surface area contributed by atoms with Crippen molar-refractivity contribution < 1.29 is 19.1 Å². The van der Waals surface area contributed by atoms with Gasteiger partial charge >= 0.3 is 144 Å². The van der Waals surface area contributed by atoms with Gasteiger partial charge in [-0.15, -0.1) is 0 Å². The quantitative estimate of drug-likeness (QED) is 0.603. The van der Waals surface area contributed by atoms with E-state index in [0.717, 1.165) is 5.32 Å². The Bertz CT molecular complexity index is 522. The summed E-state index contributed by atoms with van der Waals surface area (Å²) in [5.74, 6) is -0.443. The number of hydrogen-bond donors (Lipinski definition) is 1. The van der Waals surface area contributed by atoms with E-state index in [1.54, 1.807) is 20.8 Å². The summed E-state index contributed by atoms with van der Waals surface area (Å²) in [6, 6.07) is 7.65. The fourth-order valence-corrected chi connectivity index (χ4v) is 3.84. The van der Waals surface area contributed by atoms with Crippen molar-refractivity contribution in [3.05, 3.63) is 35.4 Å².